The van der Waals surface area contributed by atoms with Gasteiger partial charge < -0.3 is 15.0 Å². The third-order valence-electron chi connectivity index (χ3n) is 5.87. The van der Waals surface area contributed by atoms with Crippen LogP contribution in [0, 0.1) is 6.92 Å². The van der Waals surface area contributed by atoms with Crippen LogP contribution in [0.1, 0.15) is 29.9 Å². The first kappa shape index (κ1) is 22.8. The molecule has 178 valence electrons. The van der Waals surface area contributed by atoms with Gasteiger partial charge in [0.05, 0.1) is 12.1 Å². The number of anilines is 2. The van der Waals surface area contributed by atoms with Gasteiger partial charge in [-0.25, -0.2) is 9.69 Å². The number of rotatable bonds is 6. The van der Waals surface area contributed by atoms with E-state index in [4.69, 9.17) is 16.3 Å². The molecular formula is C25H23ClN6O3. The highest BCUT2D eigenvalue weighted by molar-refractivity contribution is 6.31. The fourth-order valence-electron chi connectivity index (χ4n) is 4.17. The molecule has 0 saturated carbocycles. The predicted molar refractivity (Wildman–Crippen MR) is 134 cm³/mol. The Morgan fingerprint density at radius 3 is 2.74 bits per heavy atom. The van der Waals surface area contributed by atoms with E-state index in [1.165, 1.54) is 4.90 Å². The van der Waals surface area contributed by atoms with Crippen molar-refractivity contribution in [1.82, 2.24) is 19.9 Å². The van der Waals surface area contributed by atoms with Crippen molar-refractivity contribution in [3.8, 4) is 0 Å². The van der Waals surface area contributed by atoms with Crippen molar-refractivity contribution in [1.29, 1.82) is 0 Å². The molecule has 0 aliphatic carbocycles. The molecule has 3 heterocycles. The van der Waals surface area contributed by atoms with Crippen molar-refractivity contribution in [3.63, 3.8) is 0 Å². The number of nitrogens with zero attached hydrogens (tertiary/aromatic N) is 4. The Hall–Kier alpha value is -3.98. The van der Waals surface area contributed by atoms with Crippen molar-refractivity contribution in [2.75, 3.05) is 16.8 Å². The lowest BCUT2D eigenvalue weighted by molar-refractivity contribution is 0.178. The molecule has 35 heavy (non-hydrogen) atoms. The minimum atomic E-state index is -0.501. The van der Waals surface area contributed by atoms with Gasteiger partial charge in [0.2, 0.25) is 11.9 Å². The van der Waals surface area contributed by atoms with Gasteiger partial charge in [0.25, 0.3) is 5.56 Å². The van der Waals surface area contributed by atoms with E-state index in [-0.39, 0.29) is 30.1 Å². The average Bonchev–Trinajstić information content (AvgIpc) is 3.18. The third-order valence-corrected chi connectivity index (χ3v) is 6.11. The number of carbonyl (C=O) groups is 1. The van der Waals surface area contributed by atoms with Crippen LogP contribution in [0.15, 0.2) is 59.4 Å². The number of hydrogen-bond acceptors (Lipinski definition) is 7. The van der Waals surface area contributed by atoms with E-state index < -0.39 is 12.1 Å². The van der Waals surface area contributed by atoms with Crippen LogP contribution in [0.2, 0.25) is 5.02 Å². The number of fused-ring (bicyclic) bond motifs is 1. The summed E-state index contributed by atoms with van der Waals surface area (Å²) in [6.07, 6.45) is 0.101. The number of H-pyrrole nitrogens is 1. The van der Waals surface area contributed by atoms with Crippen LogP contribution >= 0.6 is 11.6 Å². The fourth-order valence-corrected chi connectivity index (χ4v) is 4.35. The number of benzene rings is 2. The molecule has 0 radical (unpaired) electrons. The molecular weight excluding hydrogens is 468 g/mol. The highest BCUT2D eigenvalue weighted by atomic mass is 35.5. The number of aromatic nitrogens is 4. The molecule has 2 aromatic carbocycles. The number of aryl methyl sites for hydroxylation is 1. The molecule has 4 aromatic rings. The molecule has 9 nitrogen and oxygen atoms in total. The number of hydrogen-bond donors (Lipinski definition) is 2. The fraction of sp³-hybridized carbons (Fsp3) is 0.240. The van der Waals surface area contributed by atoms with E-state index in [1.54, 1.807) is 31.2 Å². The molecule has 10 heteroatoms. The lowest BCUT2D eigenvalue weighted by Crippen LogP contribution is -2.36. The zero-order valence-electron chi connectivity index (χ0n) is 19.2. The minimum Gasteiger partial charge on any atom is -0.447 e. The summed E-state index contributed by atoms with van der Waals surface area (Å²) in [5.41, 5.74) is 2.05. The second kappa shape index (κ2) is 9.34. The number of pyridine rings is 1. The highest BCUT2D eigenvalue weighted by Crippen LogP contribution is 2.25. The number of carbonyl (C=O) groups excluding carboxylic acids is 1. The molecule has 2 atom stereocenters. The number of cyclic esters (lactones) is 1. The van der Waals surface area contributed by atoms with Crippen LogP contribution in [0.3, 0.4) is 0 Å². The van der Waals surface area contributed by atoms with E-state index in [9.17, 15) is 9.59 Å². The first-order chi connectivity index (χ1) is 16.9. The molecule has 1 aliphatic rings. The van der Waals surface area contributed by atoms with E-state index in [1.807, 2.05) is 37.3 Å². The first-order valence-electron chi connectivity index (χ1n) is 11.2. The van der Waals surface area contributed by atoms with Crippen LogP contribution in [0.4, 0.5) is 16.7 Å². The second-order valence-corrected chi connectivity index (χ2v) is 8.88. The van der Waals surface area contributed by atoms with Crippen molar-refractivity contribution >= 4 is 40.5 Å². The molecule has 0 spiro atoms. The normalized spacial score (nSPS) is 16.4. The van der Waals surface area contributed by atoms with Crippen LogP contribution in [-0.2, 0) is 11.2 Å². The standard InChI is InChI=1S/C25H23ClN6O3/c1-14(20-12-17-11-18(26)8-9-21(17)30-22(20)33)27-23-28-15(2)29-24(31-23)32-19(13-35-25(32)34)10-16-6-4-3-5-7-16/h3-9,11-12,14,19H,10,13H2,1-2H3,(H,30,33)(H,27,28,29,31)/t14-,19-/m0/s1. The topological polar surface area (TPSA) is 113 Å². The number of ether oxygens (including phenoxy) is 1. The lowest BCUT2D eigenvalue weighted by atomic mass is 10.1. The molecule has 1 fully saturated rings. The van der Waals surface area contributed by atoms with Gasteiger partial charge in [0.15, 0.2) is 0 Å². The van der Waals surface area contributed by atoms with Gasteiger partial charge in [-0.2, -0.15) is 15.0 Å². The number of amides is 1. The van der Waals surface area contributed by atoms with Gasteiger partial charge in [0.1, 0.15) is 12.4 Å². The van der Waals surface area contributed by atoms with E-state index >= 15 is 0 Å². The van der Waals surface area contributed by atoms with Crippen molar-refractivity contribution in [2.45, 2.75) is 32.4 Å². The maximum absolute atomic E-state index is 12.7. The maximum Gasteiger partial charge on any atom is 0.417 e. The summed E-state index contributed by atoms with van der Waals surface area (Å²) >= 11 is 6.11. The van der Waals surface area contributed by atoms with Gasteiger partial charge >= 0.3 is 6.09 Å². The van der Waals surface area contributed by atoms with Crippen LogP contribution in [0.5, 0.6) is 0 Å². The SMILES string of the molecule is Cc1nc(N[C@@H](C)c2cc3cc(Cl)ccc3[nH]c2=O)nc(N2C(=O)OC[C@@H]2Cc2ccccc2)n1. The summed E-state index contributed by atoms with van der Waals surface area (Å²) in [5.74, 6) is 0.889. The van der Waals surface area contributed by atoms with Crippen LogP contribution in [0.25, 0.3) is 10.9 Å². The Labute approximate surface area is 206 Å². The molecule has 2 aromatic heterocycles. The van der Waals surface area contributed by atoms with Crippen molar-refractivity contribution in [2.24, 2.45) is 0 Å². The Balaban J connectivity index is 1.42. The number of nitrogens with one attached hydrogen (secondary N) is 2. The maximum atomic E-state index is 12.7. The first-order valence-corrected chi connectivity index (χ1v) is 11.6. The van der Waals surface area contributed by atoms with Gasteiger partial charge in [-0.05, 0) is 50.1 Å². The number of aromatic amines is 1. The average molecular weight is 491 g/mol. The Bertz CT molecular complexity index is 1460. The third kappa shape index (κ3) is 4.81. The van der Waals surface area contributed by atoms with Gasteiger partial charge in [-0.15, -0.1) is 0 Å². The molecule has 5 rings (SSSR count). The lowest BCUT2D eigenvalue weighted by Gasteiger charge is -2.21. The molecule has 1 aliphatic heterocycles. The molecule has 2 N–H and O–H groups in total. The Morgan fingerprint density at radius 1 is 1.14 bits per heavy atom. The van der Waals surface area contributed by atoms with Crippen LogP contribution < -0.4 is 15.8 Å². The highest BCUT2D eigenvalue weighted by Gasteiger charge is 2.36. The Kier molecular flexibility index (Phi) is 6.08. The van der Waals surface area contributed by atoms with Gasteiger partial charge in [0, 0.05) is 21.5 Å². The van der Waals surface area contributed by atoms with Gasteiger partial charge in [-0.3, -0.25) is 4.79 Å². The summed E-state index contributed by atoms with van der Waals surface area (Å²) in [6.45, 7) is 3.80. The summed E-state index contributed by atoms with van der Waals surface area (Å²) in [4.78, 5) is 42.8. The zero-order chi connectivity index (χ0) is 24.5. The zero-order valence-corrected chi connectivity index (χ0v) is 19.9. The minimum absolute atomic E-state index is 0.204. The summed E-state index contributed by atoms with van der Waals surface area (Å²) in [5, 5.41) is 4.56. The van der Waals surface area contributed by atoms with Crippen LogP contribution in [-0.4, -0.2) is 38.7 Å². The Morgan fingerprint density at radius 2 is 1.94 bits per heavy atom. The molecule has 0 unspecified atom stereocenters. The summed E-state index contributed by atoms with van der Waals surface area (Å²) < 4.78 is 5.31. The van der Waals surface area contributed by atoms with E-state index in [0.29, 0.717) is 28.3 Å². The van der Waals surface area contributed by atoms with E-state index in [0.717, 1.165) is 10.9 Å². The molecule has 0 bridgehead atoms. The smallest absolute Gasteiger partial charge is 0.417 e. The second-order valence-electron chi connectivity index (χ2n) is 8.45. The largest absolute Gasteiger partial charge is 0.447 e. The van der Waals surface area contributed by atoms with Gasteiger partial charge in [-0.1, -0.05) is 41.9 Å². The number of halogens is 1. The molecule has 1 amide bonds. The predicted octanol–water partition coefficient (Wildman–Crippen LogP) is 4.42. The van der Waals surface area contributed by atoms with E-state index in [2.05, 4.69) is 25.3 Å². The van der Waals surface area contributed by atoms with Crippen molar-refractivity contribution < 1.29 is 9.53 Å². The van der Waals surface area contributed by atoms with Crippen molar-refractivity contribution in [3.05, 3.63) is 86.9 Å². The summed E-state index contributed by atoms with van der Waals surface area (Å²) in [6, 6.07) is 16.3. The monoisotopic (exact) mass is 490 g/mol. The quantitative estimate of drug-likeness (QED) is 0.411. The molecule has 1 saturated heterocycles. The summed E-state index contributed by atoms with van der Waals surface area (Å²) in [7, 11) is 0.